The Morgan fingerprint density at radius 3 is 2.44 bits per heavy atom. The number of nitrogens with two attached hydrogens (primary N) is 1. The monoisotopic (exact) mass is 391 g/mol. The van der Waals surface area contributed by atoms with Gasteiger partial charge in [0.25, 0.3) is 0 Å². The normalized spacial score (nSPS) is 13.2. The van der Waals surface area contributed by atoms with E-state index in [0.29, 0.717) is 11.3 Å². The van der Waals surface area contributed by atoms with Gasteiger partial charge < -0.3 is 15.6 Å². The van der Waals surface area contributed by atoms with Crippen LogP contribution in [-0.2, 0) is 17.6 Å². The molecule has 2 aromatic carbocycles. The van der Waals surface area contributed by atoms with Crippen molar-refractivity contribution in [3.8, 4) is 5.75 Å². The van der Waals surface area contributed by atoms with Crippen LogP contribution in [0.4, 0.5) is 4.39 Å². The van der Waals surface area contributed by atoms with Crippen molar-refractivity contribution in [2.75, 3.05) is 12.9 Å². The van der Waals surface area contributed by atoms with Crippen LogP contribution in [0.3, 0.4) is 0 Å². The Morgan fingerprint density at radius 2 is 1.89 bits per heavy atom. The van der Waals surface area contributed by atoms with Gasteiger partial charge in [-0.3, -0.25) is 4.79 Å². The van der Waals surface area contributed by atoms with Crippen LogP contribution < -0.4 is 10.5 Å². The van der Waals surface area contributed by atoms with E-state index in [1.54, 1.807) is 12.1 Å². The van der Waals surface area contributed by atoms with E-state index in [9.17, 15) is 9.18 Å². The van der Waals surface area contributed by atoms with E-state index in [4.69, 9.17) is 15.6 Å². The summed E-state index contributed by atoms with van der Waals surface area (Å²) >= 11 is 1.34. The molecular formula is C21H26FNO3S. The second kappa shape index (κ2) is 9.76. The van der Waals surface area contributed by atoms with E-state index >= 15 is 0 Å². The first kappa shape index (κ1) is 21.3. The van der Waals surface area contributed by atoms with E-state index in [1.165, 1.54) is 36.1 Å². The molecule has 0 saturated carbocycles. The Bertz CT molecular complexity index is 797. The van der Waals surface area contributed by atoms with Gasteiger partial charge in [0, 0.05) is 17.4 Å². The Hall–Kier alpha value is -2.05. The lowest BCUT2D eigenvalue weighted by atomic mass is 9.96. The average molecular weight is 392 g/mol. The zero-order valence-corrected chi connectivity index (χ0v) is 16.7. The van der Waals surface area contributed by atoms with Crippen molar-refractivity contribution in [2.24, 2.45) is 5.73 Å². The van der Waals surface area contributed by atoms with Gasteiger partial charge in [0.1, 0.15) is 17.6 Å². The molecule has 0 amide bonds. The number of aliphatic carboxylic acids is 1. The maximum atomic E-state index is 14.7. The van der Waals surface area contributed by atoms with Crippen LogP contribution in [0.5, 0.6) is 5.75 Å². The van der Waals surface area contributed by atoms with Gasteiger partial charge in [-0.1, -0.05) is 38.1 Å². The molecule has 0 spiro atoms. The number of carboxylic acid groups (broad SMARTS) is 1. The van der Waals surface area contributed by atoms with E-state index in [1.807, 2.05) is 6.07 Å². The lowest BCUT2D eigenvalue weighted by Gasteiger charge is -2.21. The number of ether oxygens (including phenoxy) is 1. The molecule has 0 fully saturated rings. The number of aryl methyl sites for hydroxylation is 2. The highest BCUT2D eigenvalue weighted by molar-refractivity contribution is 7.99. The van der Waals surface area contributed by atoms with Crippen LogP contribution in [-0.4, -0.2) is 30.0 Å². The molecule has 0 aromatic heterocycles. The summed E-state index contributed by atoms with van der Waals surface area (Å²) in [4.78, 5) is 11.1. The van der Waals surface area contributed by atoms with Gasteiger partial charge in [0.2, 0.25) is 0 Å². The molecule has 3 N–H and O–H groups in total. The predicted octanol–water partition coefficient (Wildman–Crippen LogP) is 4.19. The lowest BCUT2D eigenvalue weighted by Crippen LogP contribution is -2.32. The van der Waals surface area contributed by atoms with Crippen molar-refractivity contribution < 1.29 is 19.0 Å². The second-order valence-electron chi connectivity index (χ2n) is 6.28. The number of benzene rings is 2. The summed E-state index contributed by atoms with van der Waals surface area (Å²) in [5, 5.41) is 8.73. The minimum Gasteiger partial charge on any atom is -0.497 e. The Balaban J connectivity index is 2.45. The molecule has 1 unspecified atom stereocenters. The molecule has 0 radical (unpaired) electrons. The number of methoxy groups -OCH3 is 1. The highest BCUT2D eigenvalue weighted by atomic mass is 32.2. The lowest BCUT2D eigenvalue weighted by molar-refractivity contribution is -0.137. The maximum Gasteiger partial charge on any atom is 0.321 e. The topological polar surface area (TPSA) is 72.6 Å². The largest absolute Gasteiger partial charge is 0.497 e. The van der Waals surface area contributed by atoms with Crippen molar-refractivity contribution in [2.45, 2.75) is 38.0 Å². The molecule has 0 aliphatic heterocycles. The van der Waals surface area contributed by atoms with E-state index < -0.39 is 12.0 Å². The van der Waals surface area contributed by atoms with Crippen LogP contribution in [0.1, 0.15) is 41.4 Å². The van der Waals surface area contributed by atoms with Crippen LogP contribution in [0, 0.1) is 5.82 Å². The van der Waals surface area contributed by atoms with Crippen LogP contribution in [0.2, 0.25) is 0 Å². The predicted molar refractivity (Wildman–Crippen MR) is 108 cm³/mol. The number of carboxylic acids is 1. The van der Waals surface area contributed by atoms with Gasteiger partial charge in [-0.15, -0.1) is 11.8 Å². The SMILES string of the molecule is CCc1ccc(C(SC[C@H](N)C(=O)O)c2ccc(OC)cc2F)cc1CC. The molecule has 0 heterocycles. The van der Waals surface area contributed by atoms with Crippen LogP contribution in [0.15, 0.2) is 36.4 Å². The highest BCUT2D eigenvalue weighted by Gasteiger charge is 2.23. The number of thioether (sulfide) groups is 1. The molecule has 0 aliphatic carbocycles. The fourth-order valence-electron chi connectivity index (χ4n) is 2.97. The quantitative estimate of drug-likeness (QED) is 0.670. The van der Waals surface area contributed by atoms with Crippen LogP contribution >= 0.6 is 11.8 Å². The number of carbonyl (C=O) groups is 1. The summed E-state index contributed by atoms with van der Waals surface area (Å²) in [7, 11) is 1.49. The fourth-order valence-corrected chi connectivity index (χ4v) is 4.22. The second-order valence-corrected chi connectivity index (χ2v) is 7.42. The summed E-state index contributed by atoms with van der Waals surface area (Å²) in [6.45, 7) is 4.20. The molecule has 146 valence electrons. The minimum atomic E-state index is -1.06. The first-order valence-corrected chi connectivity index (χ1v) is 10.0. The van der Waals surface area contributed by atoms with E-state index in [-0.39, 0.29) is 16.8 Å². The van der Waals surface area contributed by atoms with Crippen molar-refractivity contribution >= 4 is 17.7 Å². The van der Waals surface area contributed by atoms with Gasteiger partial charge in [-0.2, -0.15) is 0 Å². The third-order valence-electron chi connectivity index (χ3n) is 4.54. The molecule has 4 nitrogen and oxygen atoms in total. The standard InChI is InChI=1S/C21H26FNO3S/c1-4-13-6-7-15(10-14(13)5-2)20(27-12-19(23)21(24)25)17-9-8-16(26-3)11-18(17)22/h6-11,19-20H,4-5,12,23H2,1-3H3,(H,24,25)/t19-,20?/m0/s1. The summed E-state index contributed by atoms with van der Waals surface area (Å²) in [5.74, 6) is -0.819. The minimum absolute atomic E-state index is 0.183. The zero-order chi connectivity index (χ0) is 20.0. The van der Waals surface area contributed by atoms with Crippen LogP contribution in [0.25, 0.3) is 0 Å². The average Bonchev–Trinajstić information content (AvgIpc) is 2.68. The summed E-state index contributed by atoms with van der Waals surface area (Å²) in [5.41, 5.74) is 9.59. The summed E-state index contributed by atoms with van der Waals surface area (Å²) < 4.78 is 19.8. The highest BCUT2D eigenvalue weighted by Crippen LogP contribution is 2.39. The van der Waals surface area contributed by atoms with Gasteiger partial charge in [0.05, 0.1) is 12.4 Å². The first-order valence-electron chi connectivity index (χ1n) is 8.96. The molecule has 0 aliphatic rings. The van der Waals surface area contributed by atoms with Gasteiger partial charge in [-0.05, 0) is 35.6 Å². The van der Waals surface area contributed by atoms with Crippen molar-refractivity contribution in [3.63, 3.8) is 0 Å². The number of hydrogen-bond acceptors (Lipinski definition) is 4. The van der Waals surface area contributed by atoms with Gasteiger partial charge in [0.15, 0.2) is 0 Å². The van der Waals surface area contributed by atoms with E-state index in [0.717, 1.165) is 18.4 Å². The van der Waals surface area contributed by atoms with Gasteiger partial charge in [-0.25, -0.2) is 4.39 Å². The number of rotatable bonds is 9. The molecule has 0 saturated heterocycles. The molecule has 2 rings (SSSR count). The maximum absolute atomic E-state index is 14.7. The van der Waals surface area contributed by atoms with Gasteiger partial charge >= 0.3 is 5.97 Å². The smallest absolute Gasteiger partial charge is 0.321 e. The molecule has 0 bridgehead atoms. The molecule has 6 heteroatoms. The van der Waals surface area contributed by atoms with Crippen molar-refractivity contribution in [1.82, 2.24) is 0 Å². The number of halogens is 1. The fraction of sp³-hybridized carbons (Fsp3) is 0.381. The zero-order valence-electron chi connectivity index (χ0n) is 15.9. The van der Waals surface area contributed by atoms with Crippen molar-refractivity contribution in [3.05, 3.63) is 64.5 Å². The molecule has 2 atom stereocenters. The third-order valence-corrected chi connectivity index (χ3v) is 5.96. The Morgan fingerprint density at radius 1 is 1.19 bits per heavy atom. The molecular weight excluding hydrogens is 365 g/mol. The van der Waals surface area contributed by atoms with Crippen molar-refractivity contribution in [1.29, 1.82) is 0 Å². The summed E-state index contributed by atoms with van der Waals surface area (Å²) in [6, 6.07) is 9.90. The summed E-state index contributed by atoms with van der Waals surface area (Å²) in [6.07, 6.45) is 1.82. The third kappa shape index (κ3) is 5.23. The molecule has 2 aromatic rings. The van der Waals surface area contributed by atoms with E-state index in [2.05, 4.69) is 26.0 Å². The first-order chi connectivity index (χ1) is 12.9. The Labute approximate surface area is 163 Å². The number of hydrogen-bond donors (Lipinski definition) is 2. The Kier molecular flexibility index (Phi) is 7.68. The molecule has 27 heavy (non-hydrogen) atoms.